The number of fused-ring (bicyclic) bond motifs is 7. The molecule has 6 aromatic carbocycles. The fraction of sp³-hybridized carbons (Fsp3) is 0.345. The number of aliphatic hydroxyl groups is 2. The molecular weight excluding hydrogens is 873 g/mol. The minimum absolute atomic E-state index is 0.0300. The third-order valence-corrected chi connectivity index (χ3v) is 15.0. The summed E-state index contributed by atoms with van der Waals surface area (Å²) in [6.45, 7) is 1.20. The molecule has 0 aromatic heterocycles. The number of methoxy groups -OCH3 is 2. The molecule has 3 aliphatic carbocycles. The summed E-state index contributed by atoms with van der Waals surface area (Å²) in [6.07, 6.45) is 6.21. The normalized spacial score (nSPS) is 22.9. The van der Waals surface area contributed by atoms with E-state index in [4.69, 9.17) is 18.9 Å². The highest BCUT2D eigenvalue weighted by molar-refractivity contribution is 5.98. The van der Waals surface area contributed by atoms with E-state index < -0.39 is 41.4 Å². The van der Waals surface area contributed by atoms with E-state index in [-0.39, 0.29) is 55.1 Å². The van der Waals surface area contributed by atoms with Crippen LogP contribution in [0.25, 0.3) is 28.0 Å². The number of allylic oxidation sites excluding steroid dienone is 1. The van der Waals surface area contributed by atoms with Crippen molar-refractivity contribution in [2.45, 2.75) is 82.3 Å². The first kappa shape index (κ1) is 47.3. The van der Waals surface area contributed by atoms with Gasteiger partial charge in [-0.1, -0.05) is 78.9 Å². The maximum Gasteiger partial charge on any atom is 0.310 e. The molecule has 3 aliphatic rings. The van der Waals surface area contributed by atoms with Crippen molar-refractivity contribution < 1.29 is 54.1 Å². The van der Waals surface area contributed by atoms with Gasteiger partial charge in [0, 0.05) is 37.2 Å². The van der Waals surface area contributed by atoms with Crippen molar-refractivity contribution in [3.05, 3.63) is 154 Å². The Hall–Kier alpha value is -6.82. The third kappa shape index (κ3) is 9.37. The number of aromatic hydroxyl groups is 3. The number of rotatable bonds is 13. The summed E-state index contributed by atoms with van der Waals surface area (Å²) in [5.74, 6) is -1.78. The van der Waals surface area contributed by atoms with Crippen LogP contribution in [0.4, 0.5) is 0 Å². The Morgan fingerprint density at radius 2 is 1.54 bits per heavy atom. The average molecular weight is 933 g/mol. The number of aryl methyl sites for hydroxylation is 2. The lowest BCUT2D eigenvalue weighted by Gasteiger charge is -2.59. The number of ether oxygens (including phenoxy) is 4. The molecule has 0 bridgehead atoms. The molecule has 5 N–H and O–H groups in total. The minimum Gasteiger partial charge on any atom is -0.508 e. The van der Waals surface area contributed by atoms with E-state index >= 15 is 0 Å². The maximum absolute atomic E-state index is 14.5. The number of phenols is 3. The van der Waals surface area contributed by atoms with Crippen LogP contribution in [-0.2, 0) is 44.7 Å². The maximum atomic E-state index is 14.5. The summed E-state index contributed by atoms with van der Waals surface area (Å²) >= 11 is 0. The van der Waals surface area contributed by atoms with E-state index in [0.29, 0.717) is 50.0 Å². The van der Waals surface area contributed by atoms with E-state index in [1.807, 2.05) is 78.9 Å². The SMILES string of the molecule is COc1cc2c(cc1O)[C@H](CO)[C@@]1(/C=C/c3ccccc3)[C@H](C2)[C@H](OC(C)=O)C[C@@H](OC(=O)Cc2ccc3cc(O)cc(-c4cccc(CCCO)c4)c3c2)C[C@H]2c3cc(OC)c(O)cc3CC[C@H]21. The van der Waals surface area contributed by atoms with Gasteiger partial charge in [-0.3, -0.25) is 9.59 Å². The number of hydrogen-bond acceptors (Lipinski definition) is 11. The largest absolute Gasteiger partial charge is 0.508 e. The molecule has 1 fully saturated rings. The van der Waals surface area contributed by atoms with Gasteiger partial charge in [0.25, 0.3) is 0 Å². The Morgan fingerprint density at radius 3 is 2.29 bits per heavy atom. The molecule has 11 heteroatoms. The molecule has 0 radical (unpaired) electrons. The second-order valence-electron chi connectivity index (χ2n) is 19.0. The third-order valence-electron chi connectivity index (χ3n) is 15.0. The van der Waals surface area contributed by atoms with Crippen molar-refractivity contribution in [3.63, 3.8) is 0 Å². The van der Waals surface area contributed by atoms with Gasteiger partial charge in [0.05, 0.1) is 27.2 Å². The van der Waals surface area contributed by atoms with Crippen molar-refractivity contribution in [1.29, 1.82) is 0 Å². The van der Waals surface area contributed by atoms with Gasteiger partial charge in [0.15, 0.2) is 23.0 Å². The van der Waals surface area contributed by atoms with E-state index in [1.165, 1.54) is 21.1 Å². The lowest BCUT2D eigenvalue weighted by Crippen LogP contribution is -2.56. The minimum atomic E-state index is -0.892. The molecule has 0 spiro atoms. The zero-order valence-corrected chi connectivity index (χ0v) is 39.3. The first-order chi connectivity index (χ1) is 33.4. The van der Waals surface area contributed by atoms with E-state index in [0.717, 1.165) is 60.8 Å². The second kappa shape index (κ2) is 20.0. The monoisotopic (exact) mass is 932 g/mol. The number of hydrogen-bond donors (Lipinski definition) is 5. The zero-order chi connectivity index (χ0) is 48.4. The first-order valence-electron chi connectivity index (χ1n) is 23.9. The highest BCUT2D eigenvalue weighted by atomic mass is 16.6. The van der Waals surface area contributed by atoms with Crippen LogP contribution in [0.1, 0.15) is 83.4 Å². The van der Waals surface area contributed by atoms with Gasteiger partial charge in [0.1, 0.15) is 18.0 Å². The molecule has 358 valence electrons. The summed E-state index contributed by atoms with van der Waals surface area (Å²) in [6, 6.07) is 34.3. The quantitative estimate of drug-likeness (QED) is 0.0699. The standard InChI is InChI=1S/C58H60O11/c1-34(61)68-54-30-43(69-57(65)23-37-14-15-39-24-42(62)28-45(44(39)22-37)38-13-7-11-36(21-38)12-8-20-59)29-48-46-32-56(67-3)52(63)26-40(46)16-17-49(48)58(19-18-35-9-5-4-6-10-35)50(54)25-41-27-55(66-2)53(64)31-47(41)51(58)33-60/h4-7,9-11,13-15,18-19,21-22,24,26-28,31-32,43,48-51,54,59-60,62-64H,8,12,16-17,20,23,25,29-30,33H2,1-3H3/b19-18+/t43-,48-,49+,50+,51-,54+,58+/m0/s1. The Bertz CT molecular complexity index is 2890. The summed E-state index contributed by atoms with van der Waals surface area (Å²) in [4.78, 5) is 27.8. The topological polar surface area (TPSA) is 172 Å². The molecule has 0 saturated heterocycles. The van der Waals surface area contributed by atoms with Crippen LogP contribution in [0, 0.1) is 17.3 Å². The van der Waals surface area contributed by atoms with Crippen LogP contribution < -0.4 is 9.47 Å². The van der Waals surface area contributed by atoms with Crippen molar-refractivity contribution in [3.8, 4) is 39.9 Å². The molecule has 0 aliphatic heterocycles. The molecule has 9 rings (SSSR count). The number of carbonyl (C=O) groups is 2. The van der Waals surface area contributed by atoms with Crippen LogP contribution >= 0.6 is 0 Å². The molecule has 0 unspecified atom stereocenters. The van der Waals surface area contributed by atoms with E-state index in [2.05, 4.69) is 18.2 Å². The van der Waals surface area contributed by atoms with Crippen molar-refractivity contribution in [2.75, 3.05) is 27.4 Å². The molecule has 7 atom stereocenters. The van der Waals surface area contributed by atoms with E-state index in [9.17, 15) is 35.1 Å². The molecule has 69 heavy (non-hydrogen) atoms. The second-order valence-corrected chi connectivity index (χ2v) is 19.0. The summed E-state index contributed by atoms with van der Waals surface area (Å²) in [5, 5.41) is 56.0. The number of carbonyl (C=O) groups excluding carboxylic acids is 2. The summed E-state index contributed by atoms with van der Waals surface area (Å²) in [5.41, 5.74) is 7.09. The molecule has 6 aromatic rings. The Kier molecular flexibility index (Phi) is 13.7. The average Bonchev–Trinajstić information content (AvgIpc) is 3.34. The van der Waals surface area contributed by atoms with Crippen molar-refractivity contribution in [1.82, 2.24) is 0 Å². The van der Waals surface area contributed by atoms with Crippen LogP contribution in [0.5, 0.6) is 28.7 Å². The van der Waals surface area contributed by atoms with Gasteiger partial charge in [-0.15, -0.1) is 0 Å². The van der Waals surface area contributed by atoms with Crippen LogP contribution in [0.3, 0.4) is 0 Å². The summed E-state index contributed by atoms with van der Waals surface area (Å²) in [7, 11) is 3.01. The van der Waals surface area contributed by atoms with Crippen molar-refractivity contribution >= 4 is 28.8 Å². The van der Waals surface area contributed by atoms with Crippen LogP contribution in [0.15, 0.2) is 115 Å². The van der Waals surface area contributed by atoms with E-state index in [1.54, 1.807) is 24.3 Å². The predicted molar refractivity (Wildman–Crippen MR) is 264 cm³/mol. The van der Waals surface area contributed by atoms with Gasteiger partial charge >= 0.3 is 11.9 Å². The number of phenolic OH excluding ortho intramolecular Hbond substituents is 3. The van der Waals surface area contributed by atoms with Gasteiger partial charge < -0.3 is 44.5 Å². The Balaban J connectivity index is 1.15. The van der Waals surface area contributed by atoms with Gasteiger partial charge in [-0.25, -0.2) is 0 Å². The Morgan fingerprint density at radius 1 is 0.754 bits per heavy atom. The smallest absolute Gasteiger partial charge is 0.310 e. The zero-order valence-electron chi connectivity index (χ0n) is 39.3. The van der Waals surface area contributed by atoms with Gasteiger partial charge in [-0.2, -0.15) is 0 Å². The molecule has 11 nitrogen and oxygen atoms in total. The fourth-order valence-electron chi connectivity index (χ4n) is 12.2. The summed E-state index contributed by atoms with van der Waals surface area (Å²) < 4.78 is 24.4. The molecule has 0 amide bonds. The molecule has 0 heterocycles. The Labute approximate surface area is 402 Å². The lowest BCUT2D eigenvalue weighted by molar-refractivity contribution is -0.166. The lowest BCUT2D eigenvalue weighted by atomic mass is 9.46. The highest BCUT2D eigenvalue weighted by Crippen LogP contribution is 2.64. The molecule has 1 saturated carbocycles. The number of esters is 2. The number of benzene rings is 6. The number of aliphatic hydroxyl groups excluding tert-OH is 2. The van der Waals surface area contributed by atoms with Crippen LogP contribution in [-0.4, -0.2) is 77.1 Å². The highest BCUT2D eigenvalue weighted by Gasteiger charge is 2.60. The predicted octanol–water partition coefficient (Wildman–Crippen LogP) is 9.74. The fourth-order valence-corrected chi connectivity index (χ4v) is 12.2. The van der Waals surface area contributed by atoms with Gasteiger partial charge in [0.2, 0.25) is 0 Å². The molecular formula is C58H60O11. The van der Waals surface area contributed by atoms with Gasteiger partial charge in [-0.05, 0) is 154 Å². The van der Waals surface area contributed by atoms with Crippen LogP contribution in [0.2, 0.25) is 0 Å². The first-order valence-corrected chi connectivity index (χ1v) is 23.9. The van der Waals surface area contributed by atoms with Crippen molar-refractivity contribution in [2.24, 2.45) is 17.3 Å².